The van der Waals surface area contributed by atoms with Crippen LogP contribution in [0.1, 0.15) is 0 Å². The molecule has 0 fully saturated rings. The van der Waals surface area contributed by atoms with Crippen LogP contribution in [0.4, 0.5) is 5.69 Å². The molecule has 2 heterocycles. The molecule has 0 aliphatic heterocycles. The lowest BCUT2D eigenvalue weighted by Crippen LogP contribution is -1.95. The number of para-hydroxylation sites is 6. The van der Waals surface area contributed by atoms with Crippen molar-refractivity contribution in [2.24, 2.45) is 0 Å². The van der Waals surface area contributed by atoms with Crippen molar-refractivity contribution < 1.29 is 0 Å². The molecule has 0 radical (unpaired) electrons. The van der Waals surface area contributed by atoms with Crippen LogP contribution in [0.15, 0.2) is 140 Å². The number of hydrogen-bond acceptors (Lipinski definition) is 0. The lowest BCUT2D eigenvalue weighted by atomic mass is 10.00. The van der Waals surface area contributed by atoms with E-state index >= 15 is 0 Å². The van der Waals surface area contributed by atoms with Gasteiger partial charge in [0.15, 0.2) is 0 Å². The van der Waals surface area contributed by atoms with Gasteiger partial charge in [0.25, 0.3) is 0 Å². The highest BCUT2D eigenvalue weighted by molar-refractivity contribution is 6.15. The maximum absolute atomic E-state index is 7.77. The molecule has 0 bridgehead atoms. The van der Waals surface area contributed by atoms with Crippen molar-refractivity contribution in [1.82, 2.24) is 9.13 Å². The topological polar surface area (TPSA) is 14.2 Å². The number of fused-ring (bicyclic) bond motifs is 6. The third kappa shape index (κ3) is 3.17. The molecule has 0 aliphatic carbocycles. The van der Waals surface area contributed by atoms with Gasteiger partial charge in [0, 0.05) is 32.8 Å². The van der Waals surface area contributed by atoms with Gasteiger partial charge in [-0.05, 0) is 48.0 Å². The quantitative estimate of drug-likeness (QED) is 0.210. The molecule has 0 saturated carbocycles. The second-order valence-corrected chi connectivity index (χ2v) is 10.1. The number of aromatic nitrogens is 2. The van der Waals surface area contributed by atoms with E-state index < -0.39 is 0 Å². The summed E-state index contributed by atoms with van der Waals surface area (Å²) >= 11 is 0. The summed E-state index contributed by atoms with van der Waals surface area (Å²) in [4.78, 5) is 3.83. The summed E-state index contributed by atoms with van der Waals surface area (Å²) in [5, 5.41) is 4.84. The molecule has 0 amide bonds. The van der Waals surface area contributed by atoms with Crippen LogP contribution in [0, 0.1) is 6.57 Å². The van der Waals surface area contributed by atoms with Crippen LogP contribution in [0.3, 0.4) is 0 Å². The van der Waals surface area contributed by atoms with E-state index in [0.29, 0.717) is 5.69 Å². The molecular weight excluding hydrogens is 486 g/mol. The summed E-state index contributed by atoms with van der Waals surface area (Å²) in [5.74, 6) is 0. The molecule has 2 aromatic heterocycles. The summed E-state index contributed by atoms with van der Waals surface area (Å²) in [6.07, 6.45) is 0. The maximum Gasteiger partial charge on any atom is 0.210 e. The minimum absolute atomic E-state index is 0.645. The van der Waals surface area contributed by atoms with E-state index in [1.807, 2.05) is 24.3 Å². The van der Waals surface area contributed by atoms with E-state index in [0.717, 1.165) is 22.4 Å². The average molecular weight is 510 g/mol. The van der Waals surface area contributed by atoms with Crippen molar-refractivity contribution in [2.75, 3.05) is 0 Å². The number of hydrogen-bond donors (Lipinski definition) is 0. The van der Waals surface area contributed by atoms with Gasteiger partial charge in [-0.2, -0.15) is 0 Å². The Morgan fingerprint density at radius 3 is 1.90 bits per heavy atom. The molecule has 0 atom stereocenters. The predicted octanol–water partition coefficient (Wildman–Crippen LogP) is 10.1. The van der Waals surface area contributed by atoms with Gasteiger partial charge in [0.05, 0.1) is 34.3 Å². The summed E-state index contributed by atoms with van der Waals surface area (Å²) in [6, 6.07) is 49.0. The van der Waals surface area contributed by atoms with Gasteiger partial charge in [0.2, 0.25) is 5.69 Å². The first kappa shape index (κ1) is 22.4. The highest BCUT2D eigenvalue weighted by atomic mass is 15.0. The van der Waals surface area contributed by atoms with Crippen LogP contribution in [-0.4, -0.2) is 9.13 Å². The number of benzene rings is 6. The fourth-order valence-electron chi connectivity index (χ4n) is 6.24. The van der Waals surface area contributed by atoms with Gasteiger partial charge in [-0.25, -0.2) is 4.85 Å². The largest absolute Gasteiger partial charge is 0.319 e. The van der Waals surface area contributed by atoms with E-state index in [1.165, 1.54) is 43.7 Å². The van der Waals surface area contributed by atoms with Gasteiger partial charge in [-0.3, -0.25) is 0 Å². The summed E-state index contributed by atoms with van der Waals surface area (Å²) < 4.78 is 4.61. The van der Waals surface area contributed by atoms with Crippen LogP contribution in [-0.2, 0) is 0 Å². The monoisotopic (exact) mass is 509 g/mol. The van der Waals surface area contributed by atoms with Crippen molar-refractivity contribution in [3.8, 4) is 22.5 Å². The van der Waals surface area contributed by atoms with E-state index in [2.05, 4.69) is 129 Å². The van der Waals surface area contributed by atoms with Crippen LogP contribution in [0.5, 0.6) is 0 Å². The molecule has 40 heavy (non-hydrogen) atoms. The Bertz CT molecular complexity index is 2280. The highest BCUT2D eigenvalue weighted by Crippen LogP contribution is 2.41. The van der Waals surface area contributed by atoms with E-state index in [9.17, 15) is 0 Å². The van der Waals surface area contributed by atoms with Crippen molar-refractivity contribution in [3.63, 3.8) is 0 Å². The van der Waals surface area contributed by atoms with E-state index in [1.54, 1.807) is 0 Å². The first-order valence-electron chi connectivity index (χ1n) is 13.4. The lowest BCUT2D eigenvalue weighted by molar-refractivity contribution is 1.18. The Balaban J connectivity index is 1.46. The molecule has 0 spiro atoms. The Hall–Kier alpha value is -5.59. The molecule has 3 heteroatoms. The Kier molecular flexibility index (Phi) is 4.89. The molecule has 186 valence electrons. The second-order valence-electron chi connectivity index (χ2n) is 10.1. The predicted molar refractivity (Wildman–Crippen MR) is 167 cm³/mol. The fourth-order valence-corrected chi connectivity index (χ4v) is 6.24. The molecule has 8 rings (SSSR count). The molecule has 6 aromatic carbocycles. The van der Waals surface area contributed by atoms with Gasteiger partial charge < -0.3 is 9.13 Å². The van der Waals surface area contributed by atoms with Gasteiger partial charge >= 0.3 is 0 Å². The van der Waals surface area contributed by atoms with Crippen molar-refractivity contribution in [3.05, 3.63) is 151 Å². The standard InChI is InChI=1S/C37H23N3/c1-38-32-18-7-10-21-36(32)40-34-20-9-6-15-29(34)31-24-25(22-23-35(31)40)27-16-11-17-30-28-14-5-8-19-33(28)39(37(27)30)26-12-3-2-4-13-26/h2-24H. The summed E-state index contributed by atoms with van der Waals surface area (Å²) in [5.41, 5.74) is 9.65. The zero-order valence-electron chi connectivity index (χ0n) is 21.6. The Morgan fingerprint density at radius 1 is 0.475 bits per heavy atom. The molecule has 0 unspecified atom stereocenters. The number of nitrogens with zero attached hydrogens (tertiary/aromatic N) is 3. The number of rotatable bonds is 3. The summed E-state index contributed by atoms with van der Waals surface area (Å²) in [7, 11) is 0. The zero-order chi connectivity index (χ0) is 26.6. The molecular formula is C37H23N3. The lowest BCUT2D eigenvalue weighted by Gasteiger charge is -2.12. The third-order valence-corrected chi connectivity index (χ3v) is 7.94. The van der Waals surface area contributed by atoms with Crippen molar-refractivity contribution in [2.45, 2.75) is 0 Å². The van der Waals surface area contributed by atoms with Gasteiger partial charge in [0.1, 0.15) is 0 Å². The first-order valence-corrected chi connectivity index (χ1v) is 13.4. The molecule has 0 N–H and O–H groups in total. The molecule has 0 aliphatic rings. The van der Waals surface area contributed by atoms with Crippen LogP contribution < -0.4 is 0 Å². The minimum atomic E-state index is 0.645. The van der Waals surface area contributed by atoms with E-state index in [-0.39, 0.29) is 0 Å². The average Bonchev–Trinajstić information content (AvgIpc) is 3.54. The van der Waals surface area contributed by atoms with Crippen molar-refractivity contribution >= 4 is 49.3 Å². The normalized spacial score (nSPS) is 11.5. The molecule has 3 nitrogen and oxygen atoms in total. The van der Waals surface area contributed by atoms with E-state index in [4.69, 9.17) is 6.57 Å². The molecule has 8 aromatic rings. The minimum Gasteiger partial charge on any atom is -0.319 e. The second kappa shape index (κ2) is 8.73. The first-order chi connectivity index (χ1) is 19.8. The zero-order valence-corrected chi connectivity index (χ0v) is 21.6. The van der Waals surface area contributed by atoms with Crippen LogP contribution >= 0.6 is 0 Å². The van der Waals surface area contributed by atoms with Crippen LogP contribution in [0.2, 0.25) is 0 Å². The molecule has 0 saturated heterocycles. The summed E-state index contributed by atoms with van der Waals surface area (Å²) in [6.45, 7) is 7.77. The van der Waals surface area contributed by atoms with Crippen LogP contribution in [0.25, 0.3) is 71.0 Å². The smallest absolute Gasteiger partial charge is 0.210 e. The van der Waals surface area contributed by atoms with Gasteiger partial charge in [-0.1, -0.05) is 97.1 Å². The van der Waals surface area contributed by atoms with Gasteiger partial charge in [-0.15, -0.1) is 0 Å². The SMILES string of the molecule is [C-]#[N+]c1ccccc1-n1c2ccccc2c2cc(-c3cccc4c5ccccc5n(-c5ccccc5)c34)ccc21. The third-order valence-electron chi connectivity index (χ3n) is 7.94. The highest BCUT2D eigenvalue weighted by Gasteiger charge is 2.18. The fraction of sp³-hybridized carbons (Fsp3) is 0. The maximum atomic E-state index is 7.77. The van der Waals surface area contributed by atoms with Crippen molar-refractivity contribution in [1.29, 1.82) is 0 Å². The Morgan fingerprint density at radius 2 is 1.10 bits per heavy atom. The Labute approximate surface area is 231 Å².